The average molecular weight is 491 g/mol. The van der Waals surface area contributed by atoms with Crippen molar-refractivity contribution in [3.05, 3.63) is 63.3 Å². The number of esters is 1. The summed E-state index contributed by atoms with van der Waals surface area (Å²) in [6, 6.07) is 11.1. The highest BCUT2D eigenvalue weighted by molar-refractivity contribution is 6.36. The van der Waals surface area contributed by atoms with Gasteiger partial charge in [-0.25, -0.2) is 4.79 Å². The Labute approximate surface area is 204 Å². The van der Waals surface area contributed by atoms with Crippen molar-refractivity contribution in [2.24, 2.45) is 0 Å². The maximum Gasteiger partial charge on any atom is 0.337 e. The zero-order valence-electron chi connectivity index (χ0n) is 19.7. The Morgan fingerprint density at radius 3 is 2.30 bits per heavy atom. The fourth-order valence-electron chi connectivity index (χ4n) is 4.12. The average Bonchev–Trinajstić information content (AvgIpc) is 2.71. The molecule has 0 aliphatic carbocycles. The van der Waals surface area contributed by atoms with Gasteiger partial charge >= 0.3 is 5.97 Å². The predicted octanol–water partition coefficient (Wildman–Crippen LogP) is 6.28. The highest BCUT2D eigenvalue weighted by Gasteiger charge is 2.49. The molecule has 0 bridgehead atoms. The normalized spacial score (nSPS) is 17.3. The molecule has 5 nitrogen and oxygen atoms in total. The Morgan fingerprint density at radius 2 is 1.70 bits per heavy atom. The van der Waals surface area contributed by atoms with Crippen LogP contribution in [0.25, 0.3) is 16.7 Å². The summed E-state index contributed by atoms with van der Waals surface area (Å²) in [5.74, 6) is -0.705. The van der Waals surface area contributed by atoms with Crippen molar-refractivity contribution in [1.29, 1.82) is 0 Å². The van der Waals surface area contributed by atoms with E-state index in [2.05, 4.69) is 0 Å². The van der Waals surface area contributed by atoms with Crippen LogP contribution >= 0.6 is 23.2 Å². The molecule has 0 N–H and O–H groups in total. The number of carbonyl (C=O) groups is 2. The topological polar surface area (TPSA) is 61.8 Å². The monoisotopic (exact) mass is 490 g/mol. The SMILES string of the molecule is CCc1ccc(-c2ccc(Cl)cc2Cl)cc1C1=C(OC(=O)COC)C(C)(C)OC(C)(C)C1=O. The third-order valence-corrected chi connectivity index (χ3v) is 6.09. The lowest BCUT2D eigenvalue weighted by molar-refractivity contribution is -0.167. The van der Waals surface area contributed by atoms with Gasteiger partial charge in [-0.05, 0) is 69.0 Å². The zero-order chi connectivity index (χ0) is 24.6. The molecule has 2 aromatic carbocycles. The Bertz CT molecular complexity index is 1130. The van der Waals surface area contributed by atoms with Crippen LogP contribution in [0.5, 0.6) is 0 Å². The number of carbonyl (C=O) groups excluding carboxylic acids is 2. The van der Waals surface area contributed by atoms with Gasteiger partial charge in [0.25, 0.3) is 0 Å². The summed E-state index contributed by atoms with van der Waals surface area (Å²) < 4.78 is 16.7. The van der Waals surface area contributed by atoms with E-state index in [0.29, 0.717) is 27.6 Å². The highest BCUT2D eigenvalue weighted by Crippen LogP contribution is 2.44. The second kappa shape index (κ2) is 9.59. The van der Waals surface area contributed by atoms with Gasteiger partial charge in [0.2, 0.25) is 0 Å². The number of rotatable bonds is 6. The molecule has 33 heavy (non-hydrogen) atoms. The first kappa shape index (κ1) is 25.4. The summed E-state index contributed by atoms with van der Waals surface area (Å²) in [6.07, 6.45) is 0.668. The second-order valence-corrected chi connectivity index (χ2v) is 9.76. The maximum atomic E-state index is 13.7. The van der Waals surface area contributed by atoms with E-state index >= 15 is 0 Å². The number of Topliss-reactive ketones (excluding diaryl/α,β-unsaturated/α-hetero) is 1. The summed E-state index contributed by atoms with van der Waals surface area (Å²) in [5.41, 5.74) is 1.38. The fraction of sp³-hybridized carbons (Fsp3) is 0.385. The number of hydrogen-bond acceptors (Lipinski definition) is 5. The number of ketones is 1. The van der Waals surface area contributed by atoms with E-state index in [-0.39, 0.29) is 18.1 Å². The molecule has 0 saturated heterocycles. The molecule has 2 aromatic rings. The summed E-state index contributed by atoms with van der Waals surface area (Å²) in [5, 5.41) is 1.03. The Morgan fingerprint density at radius 1 is 1.00 bits per heavy atom. The molecule has 7 heteroatoms. The lowest BCUT2D eigenvalue weighted by Gasteiger charge is -2.42. The molecular formula is C26H28Cl2O5. The van der Waals surface area contributed by atoms with Gasteiger partial charge in [-0.3, -0.25) is 4.79 Å². The van der Waals surface area contributed by atoms with Crippen molar-refractivity contribution < 1.29 is 23.8 Å². The first-order valence-corrected chi connectivity index (χ1v) is 11.4. The van der Waals surface area contributed by atoms with Crippen LogP contribution in [0, 0.1) is 0 Å². The van der Waals surface area contributed by atoms with E-state index in [1.54, 1.807) is 39.8 Å². The van der Waals surface area contributed by atoms with Crippen LogP contribution in [0.2, 0.25) is 10.0 Å². The van der Waals surface area contributed by atoms with Crippen molar-refractivity contribution >= 4 is 40.5 Å². The number of benzene rings is 2. The Kier molecular flexibility index (Phi) is 7.39. The van der Waals surface area contributed by atoms with Crippen molar-refractivity contribution in [3.8, 4) is 11.1 Å². The highest BCUT2D eigenvalue weighted by atomic mass is 35.5. The lowest BCUT2D eigenvalue weighted by Crippen LogP contribution is -2.50. The van der Waals surface area contributed by atoms with Crippen molar-refractivity contribution in [1.82, 2.24) is 0 Å². The lowest BCUT2D eigenvalue weighted by atomic mass is 9.80. The maximum absolute atomic E-state index is 13.7. The summed E-state index contributed by atoms with van der Waals surface area (Å²) in [7, 11) is 1.40. The zero-order valence-corrected chi connectivity index (χ0v) is 21.2. The molecule has 0 saturated carbocycles. The van der Waals surface area contributed by atoms with Crippen LogP contribution in [-0.4, -0.2) is 36.7 Å². The van der Waals surface area contributed by atoms with E-state index in [0.717, 1.165) is 16.7 Å². The van der Waals surface area contributed by atoms with Gasteiger partial charge < -0.3 is 14.2 Å². The number of aryl methyl sites for hydroxylation is 1. The standard InChI is InChI=1S/C26H28Cl2O5/c1-7-15-8-9-16(18-11-10-17(27)13-20(18)28)12-19(15)22-23(30)25(2,3)33-26(4,5)24(22)32-21(29)14-31-6/h8-13H,7,14H2,1-6H3. The summed E-state index contributed by atoms with van der Waals surface area (Å²) in [6.45, 7) is 8.76. The molecule has 1 aliphatic rings. The van der Waals surface area contributed by atoms with E-state index < -0.39 is 17.2 Å². The number of halogens is 2. The van der Waals surface area contributed by atoms with Gasteiger partial charge in [-0.2, -0.15) is 0 Å². The predicted molar refractivity (Wildman–Crippen MR) is 130 cm³/mol. The molecule has 0 spiro atoms. The van der Waals surface area contributed by atoms with E-state index in [9.17, 15) is 9.59 Å². The number of methoxy groups -OCH3 is 1. The van der Waals surface area contributed by atoms with Crippen LogP contribution < -0.4 is 0 Å². The van der Waals surface area contributed by atoms with Crippen molar-refractivity contribution in [2.45, 2.75) is 52.2 Å². The van der Waals surface area contributed by atoms with Gasteiger partial charge in [0.15, 0.2) is 11.5 Å². The van der Waals surface area contributed by atoms with Gasteiger partial charge in [0.1, 0.15) is 17.8 Å². The second-order valence-electron chi connectivity index (χ2n) is 8.91. The Hall–Kier alpha value is -2.18. The summed E-state index contributed by atoms with van der Waals surface area (Å²) >= 11 is 12.5. The van der Waals surface area contributed by atoms with Gasteiger partial charge in [-0.15, -0.1) is 0 Å². The quantitative estimate of drug-likeness (QED) is 0.445. The van der Waals surface area contributed by atoms with E-state index in [1.165, 1.54) is 7.11 Å². The molecule has 0 radical (unpaired) electrons. The van der Waals surface area contributed by atoms with Gasteiger partial charge in [0.05, 0.1) is 5.57 Å². The first-order valence-electron chi connectivity index (χ1n) is 10.7. The molecule has 0 fully saturated rings. The first-order chi connectivity index (χ1) is 15.4. The minimum atomic E-state index is -1.12. The summed E-state index contributed by atoms with van der Waals surface area (Å²) in [4.78, 5) is 26.0. The molecule has 1 heterocycles. The van der Waals surface area contributed by atoms with Gasteiger partial charge in [0, 0.05) is 22.7 Å². The van der Waals surface area contributed by atoms with Crippen LogP contribution in [0.15, 0.2) is 42.2 Å². The van der Waals surface area contributed by atoms with E-state index in [1.807, 2.05) is 31.2 Å². The minimum Gasteiger partial charge on any atom is -0.425 e. The fourth-order valence-corrected chi connectivity index (χ4v) is 4.64. The molecule has 0 aromatic heterocycles. The molecule has 0 unspecified atom stereocenters. The third kappa shape index (κ3) is 5.17. The van der Waals surface area contributed by atoms with Crippen molar-refractivity contribution in [3.63, 3.8) is 0 Å². The number of ether oxygens (including phenoxy) is 3. The minimum absolute atomic E-state index is 0.169. The molecular weight excluding hydrogens is 463 g/mol. The smallest absolute Gasteiger partial charge is 0.337 e. The van der Waals surface area contributed by atoms with Crippen LogP contribution in [0.1, 0.15) is 45.7 Å². The van der Waals surface area contributed by atoms with Crippen LogP contribution in [-0.2, 0) is 30.2 Å². The van der Waals surface area contributed by atoms with Crippen LogP contribution in [0.3, 0.4) is 0 Å². The van der Waals surface area contributed by atoms with E-state index in [4.69, 9.17) is 37.4 Å². The molecule has 1 aliphatic heterocycles. The van der Waals surface area contributed by atoms with Crippen LogP contribution in [0.4, 0.5) is 0 Å². The Balaban J connectivity index is 2.31. The molecule has 0 amide bonds. The largest absolute Gasteiger partial charge is 0.425 e. The van der Waals surface area contributed by atoms with Gasteiger partial charge in [-0.1, -0.05) is 48.3 Å². The molecule has 176 valence electrons. The third-order valence-electron chi connectivity index (χ3n) is 5.54. The molecule has 0 atom stereocenters. The van der Waals surface area contributed by atoms with Crippen molar-refractivity contribution in [2.75, 3.05) is 13.7 Å². The molecule has 3 rings (SSSR count). The number of hydrogen-bond donors (Lipinski definition) is 0.